The summed E-state index contributed by atoms with van der Waals surface area (Å²) in [6.45, 7) is 2.17. The van der Waals surface area contributed by atoms with Crippen LogP contribution >= 0.6 is 0 Å². The predicted molar refractivity (Wildman–Crippen MR) is 118 cm³/mol. The number of benzene rings is 3. The first-order valence-corrected chi connectivity index (χ1v) is 10.1. The normalized spacial score (nSPS) is 13.5. The molecule has 2 atom stereocenters. The van der Waals surface area contributed by atoms with E-state index in [1.807, 2.05) is 51.8 Å². The fourth-order valence-electron chi connectivity index (χ4n) is 3.98. The van der Waals surface area contributed by atoms with Gasteiger partial charge in [-0.1, -0.05) is 52.9 Å². The monoisotopic (exact) mass is 397 g/mol. The zero-order chi connectivity index (χ0) is 20.5. The van der Waals surface area contributed by atoms with Gasteiger partial charge in [-0.25, -0.2) is 9.36 Å². The van der Waals surface area contributed by atoms with E-state index in [9.17, 15) is 0 Å². The molecule has 0 N–H and O–H groups in total. The molecule has 0 aliphatic heterocycles. The topological polar surface area (TPSA) is 64.7 Å². The summed E-state index contributed by atoms with van der Waals surface area (Å²) in [6, 6.07) is 26.6. The van der Waals surface area contributed by atoms with Crippen molar-refractivity contribution in [1.29, 1.82) is 0 Å². The largest absolute Gasteiger partial charge is 0.353 e. The Kier molecular flexibility index (Phi) is 4.63. The Labute approximate surface area is 174 Å². The molecule has 0 fully saturated rings. The lowest BCUT2D eigenvalue weighted by Gasteiger charge is -2.32. The van der Waals surface area contributed by atoms with E-state index in [1.165, 1.54) is 0 Å². The minimum atomic E-state index is -0.0437. The number of para-hydroxylation sites is 3. The first-order valence-electron chi connectivity index (χ1n) is 10.1. The summed E-state index contributed by atoms with van der Waals surface area (Å²) in [5.74, 6) is 0. The molecule has 0 bridgehead atoms. The molecule has 0 aliphatic carbocycles. The van der Waals surface area contributed by atoms with Crippen LogP contribution in [-0.2, 0) is 0 Å². The number of hydrogen-bond acceptors (Lipinski definition) is 5. The highest BCUT2D eigenvalue weighted by Gasteiger charge is 2.25. The highest BCUT2D eigenvalue weighted by atomic mass is 15.5. The van der Waals surface area contributed by atoms with Crippen LogP contribution in [0.1, 0.15) is 25.6 Å². The fraction of sp³-hybridized carbons (Fsp3) is 0.217. The first-order chi connectivity index (χ1) is 14.7. The fourth-order valence-corrected chi connectivity index (χ4v) is 3.98. The molecule has 0 saturated carbocycles. The Balaban J connectivity index is 1.55. The standard InChI is InChI=1S/C23H23N7/c1-17(29-21-14-8-6-12-19(21)24-26-29)16-23(28(2)18-10-4-3-5-11-18)30-22-15-9-7-13-20(22)25-27-30/h3-15,17,23H,16H2,1-2H3. The molecule has 2 heterocycles. The second-order valence-corrected chi connectivity index (χ2v) is 7.56. The lowest BCUT2D eigenvalue weighted by atomic mass is 10.1. The molecule has 0 saturated heterocycles. The van der Waals surface area contributed by atoms with E-state index in [1.54, 1.807) is 0 Å². The number of nitrogens with zero attached hydrogens (tertiary/aromatic N) is 7. The van der Waals surface area contributed by atoms with E-state index in [2.05, 4.69) is 75.9 Å². The van der Waals surface area contributed by atoms with Crippen LogP contribution in [0.4, 0.5) is 5.69 Å². The Morgan fingerprint density at radius 1 is 0.733 bits per heavy atom. The molecule has 5 aromatic rings. The van der Waals surface area contributed by atoms with Crippen molar-refractivity contribution < 1.29 is 0 Å². The predicted octanol–water partition coefficient (Wildman–Crippen LogP) is 4.46. The minimum Gasteiger partial charge on any atom is -0.353 e. The summed E-state index contributed by atoms with van der Waals surface area (Å²) in [7, 11) is 2.10. The van der Waals surface area contributed by atoms with Gasteiger partial charge in [-0.15, -0.1) is 10.2 Å². The SMILES string of the molecule is CC(CC(N(C)c1ccccc1)n1nnc2ccccc21)n1nnc2ccccc21. The summed E-state index contributed by atoms with van der Waals surface area (Å²) in [6.07, 6.45) is 0.740. The third-order valence-corrected chi connectivity index (χ3v) is 5.62. The van der Waals surface area contributed by atoms with Crippen LogP contribution in [0.3, 0.4) is 0 Å². The van der Waals surface area contributed by atoms with Crippen LogP contribution in [0.15, 0.2) is 78.9 Å². The molecule has 0 radical (unpaired) electrons. The maximum atomic E-state index is 4.52. The third-order valence-electron chi connectivity index (χ3n) is 5.62. The van der Waals surface area contributed by atoms with Gasteiger partial charge in [0.05, 0.1) is 17.1 Å². The van der Waals surface area contributed by atoms with Gasteiger partial charge in [0.2, 0.25) is 0 Å². The molecular weight excluding hydrogens is 374 g/mol. The minimum absolute atomic E-state index is 0.0437. The average molecular weight is 397 g/mol. The number of hydrogen-bond donors (Lipinski definition) is 0. The van der Waals surface area contributed by atoms with Crippen molar-refractivity contribution >= 4 is 27.8 Å². The summed E-state index contributed by atoms with van der Waals surface area (Å²) < 4.78 is 4.01. The van der Waals surface area contributed by atoms with E-state index in [-0.39, 0.29) is 12.2 Å². The highest BCUT2D eigenvalue weighted by Crippen LogP contribution is 2.31. The first kappa shape index (κ1) is 18.3. The summed E-state index contributed by atoms with van der Waals surface area (Å²) in [5.41, 5.74) is 4.97. The van der Waals surface area contributed by atoms with E-state index >= 15 is 0 Å². The molecule has 3 aromatic carbocycles. The van der Waals surface area contributed by atoms with Crippen molar-refractivity contribution in [3.63, 3.8) is 0 Å². The highest BCUT2D eigenvalue weighted by molar-refractivity contribution is 5.75. The zero-order valence-corrected chi connectivity index (χ0v) is 17.0. The lowest BCUT2D eigenvalue weighted by molar-refractivity contribution is 0.339. The maximum absolute atomic E-state index is 4.52. The van der Waals surface area contributed by atoms with Gasteiger partial charge in [-0.2, -0.15) is 0 Å². The van der Waals surface area contributed by atoms with Crippen molar-refractivity contribution in [3.8, 4) is 0 Å². The van der Waals surface area contributed by atoms with Crippen molar-refractivity contribution in [2.24, 2.45) is 0 Å². The Bertz CT molecular complexity index is 1270. The van der Waals surface area contributed by atoms with Crippen LogP contribution in [0.5, 0.6) is 0 Å². The maximum Gasteiger partial charge on any atom is 0.127 e. The lowest BCUT2D eigenvalue weighted by Crippen LogP contribution is -2.32. The zero-order valence-electron chi connectivity index (χ0n) is 17.0. The van der Waals surface area contributed by atoms with Crippen LogP contribution in [0.2, 0.25) is 0 Å². The van der Waals surface area contributed by atoms with Crippen molar-refractivity contribution in [1.82, 2.24) is 30.0 Å². The van der Waals surface area contributed by atoms with Gasteiger partial charge in [0.15, 0.2) is 0 Å². The van der Waals surface area contributed by atoms with Crippen LogP contribution in [-0.4, -0.2) is 37.0 Å². The average Bonchev–Trinajstić information content (AvgIpc) is 3.42. The van der Waals surface area contributed by atoms with Crippen LogP contribution < -0.4 is 4.90 Å². The Morgan fingerprint density at radius 2 is 1.27 bits per heavy atom. The van der Waals surface area contributed by atoms with Gasteiger partial charge < -0.3 is 4.90 Å². The molecule has 2 aromatic heterocycles. The molecule has 0 spiro atoms. The second-order valence-electron chi connectivity index (χ2n) is 7.56. The van der Waals surface area contributed by atoms with E-state index < -0.39 is 0 Å². The molecule has 0 amide bonds. The summed E-state index contributed by atoms with van der Waals surface area (Å²) in [4.78, 5) is 2.25. The molecule has 7 nitrogen and oxygen atoms in total. The molecule has 30 heavy (non-hydrogen) atoms. The summed E-state index contributed by atoms with van der Waals surface area (Å²) >= 11 is 0. The quantitative estimate of drug-likeness (QED) is 0.423. The van der Waals surface area contributed by atoms with Gasteiger partial charge in [0, 0.05) is 19.2 Å². The van der Waals surface area contributed by atoms with Crippen molar-refractivity contribution in [2.75, 3.05) is 11.9 Å². The van der Waals surface area contributed by atoms with Crippen molar-refractivity contribution in [3.05, 3.63) is 78.9 Å². The van der Waals surface area contributed by atoms with Gasteiger partial charge in [-0.05, 0) is 43.3 Å². The molecular formula is C23H23N7. The molecule has 5 rings (SSSR count). The third kappa shape index (κ3) is 3.18. The Morgan fingerprint density at radius 3 is 1.93 bits per heavy atom. The van der Waals surface area contributed by atoms with Crippen LogP contribution in [0, 0.1) is 0 Å². The van der Waals surface area contributed by atoms with Gasteiger partial charge >= 0.3 is 0 Å². The Hall–Kier alpha value is -3.74. The summed E-state index contributed by atoms with van der Waals surface area (Å²) in [5, 5.41) is 17.7. The molecule has 150 valence electrons. The van der Waals surface area contributed by atoms with E-state index in [4.69, 9.17) is 0 Å². The van der Waals surface area contributed by atoms with Gasteiger partial charge in [-0.3, -0.25) is 0 Å². The van der Waals surface area contributed by atoms with Gasteiger partial charge in [0.25, 0.3) is 0 Å². The second kappa shape index (κ2) is 7.59. The van der Waals surface area contributed by atoms with E-state index in [0.29, 0.717) is 0 Å². The molecule has 0 aliphatic rings. The number of aromatic nitrogens is 6. The molecule has 7 heteroatoms. The van der Waals surface area contributed by atoms with E-state index in [0.717, 1.165) is 34.2 Å². The molecule has 2 unspecified atom stereocenters. The smallest absolute Gasteiger partial charge is 0.127 e. The number of rotatable bonds is 6. The number of anilines is 1. The van der Waals surface area contributed by atoms with Gasteiger partial charge in [0.1, 0.15) is 17.2 Å². The number of fused-ring (bicyclic) bond motifs is 2. The van der Waals surface area contributed by atoms with Crippen molar-refractivity contribution in [2.45, 2.75) is 25.6 Å². The van der Waals surface area contributed by atoms with Crippen LogP contribution in [0.25, 0.3) is 22.1 Å².